The number of piperidine rings is 1. The summed E-state index contributed by atoms with van der Waals surface area (Å²) in [5.41, 5.74) is 2.81. The van der Waals surface area contributed by atoms with Crippen molar-refractivity contribution in [3.05, 3.63) is 106 Å². The molecule has 5 aliphatic carbocycles. The number of nitrogens with one attached hydrogen (secondary N) is 1. The number of benzene rings is 3. The predicted octanol–water partition coefficient (Wildman–Crippen LogP) is 17.7. The van der Waals surface area contributed by atoms with Crippen molar-refractivity contribution in [2.45, 2.75) is 199 Å². The van der Waals surface area contributed by atoms with E-state index in [4.69, 9.17) is 0 Å². The van der Waals surface area contributed by atoms with Crippen molar-refractivity contribution in [3.8, 4) is 0 Å². The van der Waals surface area contributed by atoms with Crippen LogP contribution in [-0.2, 0) is 19.3 Å². The van der Waals surface area contributed by atoms with E-state index < -0.39 is 29.1 Å². The van der Waals surface area contributed by atoms with Gasteiger partial charge in [-0.1, -0.05) is 134 Å². The fourth-order valence-corrected chi connectivity index (χ4v) is 13.8. The Kier molecular flexibility index (Phi) is 21.4. The number of hydrogen-bond acceptors (Lipinski definition) is 1. The molecule has 1 N–H and O–H groups in total. The van der Waals surface area contributed by atoms with Crippen LogP contribution < -0.4 is 5.32 Å². The number of halogens is 6. The molecule has 1 nitrogen and oxygen atoms in total. The van der Waals surface area contributed by atoms with Crippen LogP contribution in [0.1, 0.15) is 196 Å². The molecule has 1 saturated heterocycles. The molecule has 0 bridgehead atoms. The summed E-state index contributed by atoms with van der Waals surface area (Å²) in [6.07, 6.45) is 41.1. The van der Waals surface area contributed by atoms with Gasteiger partial charge in [-0.05, 0) is 203 Å². The monoisotopic (exact) mass is 934 g/mol. The van der Waals surface area contributed by atoms with E-state index in [0.29, 0.717) is 17.9 Å². The number of rotatable bonds is 12. The molecule has 5 saturated carbocycles. The molecule has 0 radical (unpaired) electrons. The van der Waals surface area contributed by atoms with E-state index in [1.807, 2.05) is 12.1 Å². The summed E-state index contributed by atoms with van der Waals surface area (Å²) >= 11 is 0. The van der Waals surface area contributed by atoms with Crippen LogP contribution in [0.3, 0.4) is 0 Å². The molecule has 0 amide bonds. The molecule has 372 valence electrons. The zero-order valence-corrected chi connectivity index (χ0v) is 41.0. The molecule has 9 rings (SSSR count). The summed E-state index contributed by atoms with van der Waals surface area (Å²) in [6.45, 7) is 2.32. The van der Waals surface area contributed by atoms with Crippen molar-refractivity contribution in [3.63, 3.8) is 0 Å². The van der Waals surface area contributed by atoms with Gasteiger partial charge in [-0.3, -0.25) is 0 Å². The largest absolute Gasteiger partial charge is 0.317 e. The lowest BCUT2D eigenvalue weighted by Gasteiger charge is -2.36. The van der Waals surface area contributed by atoms with Gasteiger partial charge in [0.2, 0.25) is 0 Å². The maximum atomic E-state index is 13.2. The first-order valence-corrected chi connectivity index (χ1v) is 27.7. The molecule has 6 aliphatic rings. The van der Waals surface area contributed by atoms with E-state index >= 15 is 0 Å². The van der Waals surface area contributed by atoms with Gasteiger partial charge < -0.3 is 5.32 Å². The topological polar surface area (TPSA) is 12.0 Å². The van der Waals surface area contributed by atoms with Crippen LogP contribution in [0.15, 0.2) is 54.6 Å². The van der Waals surface area contributed by atoms with E-state index in [9.17, 15) is 26.3 Å². The van der Waals surface area contributed by atoms with Crippen molar-refractivity contribution in [1.82, 2.24) is 5.32 Å². The van der Waals surface area contributed by atoms with Crippen LogP contribution in [-0.4, -0.2) is 13.1 Å². The summed E-state index contributed by atoms with van der Waals surface area (Å²) in [7, 11) is 0. The average molecular weight is 934 g/mol. The van der Waals surface area contributed by atoms with E-state index in [-0.39, 0.29) is 5.82 Å². The van der Waals surface area contributed by atoms with E-state index in [2.05, 4.69) is 5.32 Å². The van der Waals surface area contributed by atoms with Gasteiger partial charge in [-0.25, -0.2) is 26.3 Å². The third-order valence-corrected chi connectivity index (χ3v) is 18.1. The van der Waals surface area contributed by atoms with Crippen LogP contribution in [0.25, 0.3) is 0 Å². The van der Waals surface area contributed by atoms with Gasteiger partial charge in [0.05, 0.1) is 0 Å². The molecule has 1 aliphatic heterocycles. The summed E-state index contributed by atoms with van der Waals surface area (Å²) < 4.78 is 78.6. The number of hydrogen-bond donors (Lipinski definition) is 1. The van der Waals surface area contributed by atoms with Gasteiger partial charge in [-0.2, -0.15) is 0 Å². The second kappa shape index (κ2) is 27.6. The summed E-state index contributed by atoms with van der Waals surface area (Å²) in [5.74, 6) is 3.05. The Labute approximate surface area is 401 Å². The molecule has 2 unspecified atom stereocenters. The maximum Gasteiger partial charge on any atom is 0.194 e. The summed E-state index contributed by atoms with van der Waals surface area (Å²) in [6, 6.07) is 13.7. The standard InChI is InChI=1S/C21H31F.C20H28F2.C19H26F3N/c22-21-15-12-18(13-16-21)10-9-17-5-4-8-20(14-11-17)19-6-2-1-3-7-19;21-19-13-10-16(14-20(19)22)7-6-15-8-11-18(12-9-15)17-4-2-1-3-5-17;20-17-11-14(12-18(21)19(17)22)2-1-13-3-5-15(6-4-13)16-7-9-23-10-8-16/h12-13,15-17,19-20H,1-11,14H2;10,13-15,17-18H,1-9,11-12H2;11-13,15-16,23H,1-10H2. The lowest BCUT2D eigenvalue weighted by atomic mass is 9.70. The average Bonchev–Trinajstić information content (AvgIpc) is 3.62. The molecule has 2 atom stereocenters. The Morgan fingerprint density at radius 3 is 1.22 bits per heavy atom. The van der Waals surface area contributed by atoms with Crippen LogP contribution in [0, 0.1) is 88.2 Å². The van der Waals surface area contributed by atoms with E-state index in [0.717, 1.165) is 104 Å². The molecular formula is C60H85F6N. The minimum Gasteiger partial charge on any atom is -0.317 e. The second-order valence-electron chi connectivity index (χ2n) is 22.4. The Morgan fingerprint density at radius 2 is 0.716 bits per heavy atom. The third-order valence-electron chi connectivity index (χ3n) is 18.1. The molecule has 6 fully saturated rings. The SMILES string of the molecule is Fc1cc(CCC2CCC(C3CCNCC3)CC2)cc(F)c1F.Fc1ccc(CCC2CCC(C3CCCCC3)CC2)cc1F.Fc1ccc(CCC2CCCC(C3CCCCC3)CC2)cc1. The molecule has 3 aromatic rings. The van der Waals surface area contributed by atoms with Crippen molar-refractivity contribution >= 4 is 0 Å². The lowest BCUT2D eigenvalue weighted by Crippen LogP contribution is -2.33. The van der Waals surface area contributed by atoms with Crippen LogP contribution in [0.2, 0.25) is 0 Å². The second-order valence-corrected chi connectivity index (χ2v) is 22.4. The van der Waals surface area contributed by atoms with Gasteiger partial charge in [0, 0.05) is 0 Å². The predicted molar refractivity (Wildman–Crippen MR) is 264 cm³/mol. The molecular weight excluding hydrogens is 849 g/mol. The smallest absolute Gasteiger partial charge is 0.194 e. The number of aryl methyl sites for hydroxylation is 3. The molecule has 3 aromatic carbocycles. The van der Waals surface area contributed by atoms with Gasteiger partial charge in [0.1, 0.15) is 5.82 Å². The highest BCUT2D eigenvalue weighted by atomic mass is 19.2. The van der Waals surface area contributed by atoms with Gasteiger partial charge in [0.25, 0.3) is 0 Å². The highest BCUT2D eigenvalue weighted by Gasteiger charge is 2.30. The molecule has 1 heterocycles. The summed E-state index contributed by atoms with van der Waals surface area (Å²) in [5, 5.41) is 3.43. The normalized spacial score (nSPS) is 27.0. The van der Waals surface area contributed by atoms with E-state index in [1.54, 1.807) is 18.2 Å². The van der Waals surface area contributed by atoms with Crippen molar-refractivity contribution in [2.24, 2.45) is 53.3 Å². The van der Waals surface area contributed by atoms with Crippen LogP contribution >= 0.6 is 0 Å². The van der Waals surface area contributed by atoms with Crippen molar-refractivity contribution in [1.29, 1.82) is 0 Å². The fourth-order valence-electron chi connectivity index (χ4n) is 13.8. The van der Waals surface area contributed by atoms with Gasteiger partial charge in [-0.15, -0.1) is 0 Å². The minimum absolute atomic E-state index is 0.117. The first-order chi connectivity index (χ1) is 32.7. The quantitative estimate of drug-likeness (QED) is 0.108. The lowest BCUT2D eigenvalue weighted by molar-refractivity contribution is 0.163. The fraction of sp³-hybridized carbons (Fsp3) is 0.700. The first kappa shape index (κ1) is 52.0. The highest BCUT2D eigenvalue weighted by molar-refractivity contribution is 5.20. The molecule has 67 heavy (non-hydrogen) atoms. The van der Waals surface area contributed by atoms with Crippen molar-refractivity contribution in [2.75, 3.05) is 13.1 Å². The van der Waals surface area contributed by atoms with Crippen molar-refractivity contribution < 1.29 is 26.3 Å². The van der Waals surface area contributed by atoms with Gasteiger partial charge in [0.15, 0.2) is 29.1 Å². The van der Waals surface area contributed by atoms with Gasteiger partial charge >= 0.3 is 0 Å². The highest BCUT2D eigenvalue weighted by Crippen LogP contribution is 2.42. The van der Waals surface area contributed by atoms with Crippen LogP contribution in [0.5, 0.6) is 0 Å². The Bertz CT molecular complexity index is 1820. The maximum absolute atomic E-state index is 13.2. The Hall–Kier alpha value is -2.80. The summed E-state index contributed by atoms with van der Waals surface area (Å²) in [4.78, 5) is 0. The Balaban J connectivity index is 0.000000149. The third kappa shape index (κ3) is 16.9. The van der Waals surface area contributed by atoms with Crippen LogP contribution in [0.4, 0.5) is 26.3 Å². The molecule has 7 heteroatoms. The molecule has 0 spiro atoms. The van der Waals surface area contributed by atoms with E-state index in [1.165, 1.54) is 185 Å². The first-order valence-electron chi connectivity index (χ1n) is 27.7. The zero-order chi connectivity index (χ0) is 46.8. The zero-order valence-electron chi connectivity index (χ0n) is 41.0. The Morgan fingerprint density at radius 1 is 0.328 bits per heavy atom. The minimum atomic E-state index is -1.36. The molecule has 0 aromatic heterocycles.